The van der Waals surface area contributed by atoms with E-state index in [4.69, 9.17) is 10.5 Å². The molecule has 188 valence electrons. The number of nitrogens with two attached hydrogens (primary N) is 1. The number of piperazine rings is 1. The van der Waals surface area contributed by atoms with E-state index in [1.54, 1.807) is 12.1 Å². The van der Waals surface area contributed by atoms with Crippen molar-refractivity contribution >= 4 is 22.7 Å². The molecule has 1 saturated heterocycles. The van der Waals surface area contributed by atoms with Gasteiger partial charge in [-0.05, 0) is 33.5 Å². The topological polar surface area (TPSA) is 84.7 Å². The zero-order valence-electron chi connectivity index (χ0n) is 20.7. The van der Waals surface area contributed by atoms with Gasteiger partial charge in [0.05, 0.1) is 0 Å². The first-order chi connectivity index (χ1) is 18.0. The maximum atomic E-state index is 13.4. The van der Waals surface area contributed by atoms with Crippen molar-refractivity contribution in [3.8, 4) is 0 Å². The third-order valence-corrected chi connectivity index (χ3v) is 6.94. The van der Waals surface area contributed by atoms with Crippen LogP contribution in [0.15, 0.2) is 103 Å². The first kappa shape index (κ1) is 24.8. The summed E-state index contributed by atoms with van der Waals surface area (Å²) in [5, 5.41) is 5.59. The van der Waals surface area contributed by atoms with E-state index in [-0.39, 0.29) is 6.42 Å². The molecule has 0 spiro atoms. The summed E-state index contributed by atoms with van der Waals surface area (Å²) in [6.45, 7) is 2.57. The van der Waals surface area contributed by atoms with Crippen LogP contribution in [-0.4, -0.2) is 42.5 Å². The minimum atomic E-state index is -1.49. The Balaban J connectivity index is 1.27. The molecule has 1 aliphatic rings. The molecule has 6 nitrogen and oxygen atoms in total. The predicted octanol–water partition coefficient (Wildman–Crippen LogP) is 3.78. The number of benzene rings is 4. The van der Waals surface area contributed by atoms with E-state index in [0.29, 0.717) is 25.2 Å². The van der Waals surface area contributed by atoms with Crippen LogP contribution < -0.4 is 11.1 Å². The molecule has 0 radical (unpaired) electrons. The van der Waals surface area contributed by atoms with Crippen molar-refractivity contribution < 1.29 is 14.3 Å². The first-order valence-corrected chi connectivity index (χ1v) is 12.6. The Labute approximate surface area is 217 Å². The number of hydrogen-bond acceptors (Lipinski definition) is 6. The number of ether oxygens (including phenoxy) is 1. The van der Waals surface area contributed by atoms with Gasteiger partial charge in [-0.25, -0.2) is 9.59 Å². The molecular formula is C31H31N3O3. The Bertz CT molecular complexity index is 1380. The van der Waals surface area contributed by atoms with E-state index >= 15 is 0 Å². The number of carbonyl (C=O) groups excluding carboxylic acids is 2. The molecule has 37 heavy (non-hydrogen) atoms. The Hall–Kier alpha value is -3.84. The zero-order chi connectivity index (χ0) is 25.7. The smallest absolute Gasteiger partial charge is 0.338 e. The lowest BCUT2D eigenvalue weighted by Crippen LogP contribution is -2.56. The van der Waals surface area contributed by atoms with Gasteiger partial charge in [-0.3, -0.25) is 4.90 Å². The molecule has 0 amide bonds. The Morgan fingerprint density at radius 3 is 2.30 bits per heavy atom. The third kappa shape index (κ3) is 5.78. The van der Waals surface area contributed by atoms with Gasteiger partial charge in [-0.1, -0.05) is 97.1 Å². The summed E-state index contributed by atoms with van der Waals surface area (Å²) < 4.78 is 5.45. The number of carbonyl (C=O) groups is 2. The molecule has 1 fully saturated rings. The van der Waals surface area contributed by atoms with Gasteiger partial charge in [0.25, 0.3) is 0 Å². The number of nitrogens with one attached hydrogen (secondary N) is 1. The molecular weight excluding hydrogens is 462 g/mol. The molecule has 6 heteroatoms. The average Bonchev–Trinajstić information content (AvgIpc) is 2.94. The summed E-state index contributed by atoms with van der Waals surface area (Å²) in [7, 11) is 0. The summed E-state index contributed by atoms with van der Waals surface area (Å²) in [6, 6.07) is 32.7. The minimum Gasteiger partial charge on any atom is -0.390 e. The second-order valence-corrected chi connectivity index (χ2v) is 9.63. The van der Waals surface area contributed by atoms with Gasteiger partial charge in [0.15, 0.2) is 0 Å². The van der Waals surface area contributed by atoms with Crippen molar-refractivity contribution in [1.29, 1.82) is 0 Å². The van der Waals surface area contributed by atoms with Crippen molar-refractivity contribution in [2.45, 2.75) is 24.5 Å². The second kappa shape index (κ2) is 11.0. The van der Waals surface area contributed by atoms with E-state index in [1.165, 1.54) is 16.3 Å². The fourth-order valence-electron chi connectivity index (χ4n) is 4.91. The molecule has 2 unspecified atom stereocenters. The maximum absolute atomic E-state index is 13.4. The second-order valence-electron chi connectivity index (χ2n) is 9.63. The van der Waals surface area contributed by atoms with E-state index < -0.39 is 23.5 Å². The molecule has 3 N–H and O–H groups in total. The van der Waals surface area contributed by atoms with Crippen LogP contribution in [0.4, 0.5) is 0 Å². The van der Waals surface area contributed by atoms with Crippen LogP contribution in [0.25, 0.3) is 10.8 Å². The number of esters is 2. The average molecular weight is 494 g/mol. The highest BCUT2D eigenvalue weighted by atomic mass is 16.6. The van der Waals surface area contributed by atoms with E-state index in [1.807, 2.05) is 60.7 Å². The summed E-state index contributed by atoms with van der Waals surface area (Å²) >= 11 is 0. The Kier molecular flexibility index (Phi) is 7.42. The monoisotopic (exact) mass is 493 g/mol. The van der Waals surface area contributed by atoms with Gasteiger partial charge >= 0.3 is 11.9 Å². The molecule has 2 atom stereocenters. The first-order valence-electron chi connectivity index (χ1n) is 12.6. The van der Waals surface area contributed by atoms with Gasteiger partial charge in [0.1, 0.15) is 11.6 Å². The number of rotatable bonds is 7. The highest BCUT2D eigenvalue weighted by Gasteiger charge is 2.40. The van der Waals surface area contributed by atoms with Crippen LogP contribution in [0.3, 0.4) is 0 Å². The van der Waals surface area contributed by atoms with Gasteiger partial charge in [-0.15, -0.1) is 0 Å². The van der Waals surface area contributed by atoms with E-state index in [2.05, 4.69) is 40.5 Å². The predicted molar refractivity (Wildman–Crippen MR) is 145 cm³/mol. The molecule has 1 aliphatic heterocycles. The van der Waals surface area contributed by atoms with Crippen LogP contribution in [0, 0.1) is 0 Å². The highest BCUT2D eigenvalue weighted by Crippen LogP contribution is 2.26. The standard InChI is InChI=1S/C31H31N3O3/c32-31(27-13-5-2-6-14-27,20-23-9-3-1-4-10-23)30(36)37-29(35)28-22-34(18-17-33-28)21-24-15-16-25-11-7-8-12-26(25)19-24/h1-16,19,28,33H,17-18,20-22,32H2. The van der Waals surface area contributed by atoms with Crippen LogP contribution in [-0.2, 0) is 32.8 Å². The molecule has 0 saturated carbocycles. The van der Waals surface area contributed by atoms with Gasteiger partial charge in [0, 0.05) is 32.6 Å². The van der Waals surface area contributed by atoms with Crippen molar-refractivity contribution in [2.24, 2.45) is 5.73 Å². The van der Waals surface area contributed by atoms with Gasteiger partial charge in [0.2, 0.25) is 0 Å². The summed E-state index contributed by atoms with van der Waals surface area (Å²) in [6.07, 6.45) is 0.218. The Morgan fingerprint density at radius 2 is 1.54 bits per heavy atom. The van der Waals surface area contributed by atoms with Crippen molar-refractivity contribution in [1.82, 2.24) is 10.2 Å². The van der Waals surface area contributed by atoms with E-state index in [0.717, 1.165) is 12.1 Å². The van der Waals surface area contributed by atoms with Crippen molar-refractivity contribution in [2.75, 3.05) is 19.6 Å². The minimum absolute atomic E-state index is 0.218. The lowest BCUT2D eigenvalue weighted by molar-refractivity contribution is -0.166. The lowest BCUT2D eigenvalue weighted by atomic mass is 9.84. The fraction of sp³-hybridized carbons (Fsp3) is 0.226. The molecule has 4 aromatic carbocycles. The molecule has 4 aromatic rings. The summed E-state index contributed by atoms with van der Waals surface area (Å²) in [5.74, 6) is -1.35. The van der Waals surface area contributed by atoms with Gasteiger partial charge < -0.3 is 15.8 Å². The maximum Gasteiger partial charge on any atom is 0.338 e. The lowest BCUT2D eigenvalue weighted by Gasteiger charge is -2.33. The fourth-order valence-corrected chi connectivity index (χ4v) is 4.91. The zero-order valence-corrected chi connectivity index (χ0v) is 20.7. The SMILES string of the molecule is NC(Cc1ccccc1)(C(=O)OC(=O)C1CN(Cc2ccc3ccccc3c2)CCN1)c1ccccc1. The summed E-state index contributed by atoms with van der Waals surface area (Å²) in [5.41, 5.74) is 7.87. The Morgan fingerprint density at radius 1 is 0.865 bits per heavy atom. The molecule has 0 aliphatic carbocycles. The van der Waals surface area contributed by atoms with Crippen LogP contribution >= 0.6 is 0 Å². The third-order valence-electron chi connectivity index (χ3n) is 6.94. The molecule has 0 aromatic heterocycles. The molecule has 0 bridgehead atoms. The van der Waals surface area contributed by atoms with Crippen LogP contribution in [0.2, 0.25) is 0 Å². The molecule has 1 heterocycles. The summed E-state index contributed by atoms with van der Waals surface area (Å²) in [4.78, 5) is 28.7. The number of nitrogens with zero attached hydrogens (tertiary/aromatic N) is 1. The van der Waals surface area contributed by atoms with E-state index in [9.17, 15) is 9.59 Å². The number of hydrogen-bond donors (Lipinski definition) is 2. The van der Waals surface area contributed by atoms with Crippen molar-refractivity contribution in [3.05, 3.63) is 120 Å². The highest BCUT2D eigenvalue weighted by molar-refractivity contribution is 5.94. The van der Waals surface area contributed by atoms with Crippen LogP contribution in [0.5, 0.6) is 0 Å². The molecule has 5 rings (SSSR count). The number of fused-ring (bicyclic) bond motifs is 1. The van der Waals surface area contributed by atoms with Crippen molar-refractivity contribution in [3.63, 3.8) is 0 Å². The van der Waals surface area contributed by atoms with Crippen LogP contribution in [0.1, 0.15) is 16.7 Å². The normalized spacial score (nSPS) is 17.7. The largest absolute Gasteiger partial charge is 0.390 e. The van der Waals surface area contributed by atoms with Gasteiger partial charge in [-0.2, -0.15) is 0 Å². The quantitative estimate of drug-likeness (QED) is 0.301.